The van der Waals surface area contributed by atoms with E-state index in [4.69, 9.17) is 0 Å². The van der Waals surface area contributed by atoms with Gasteiger partial charge in [0.1, 0.15) is 11.4 Å². The Morgan fingerprint density at radius 3 is 1.59 bits per heavy atom. The number of non-ortho nitro benzene ring substituents is 2. The van der Waals surface area contributed by atoms with Crippen LogP contribution < -0.4 is 10.9 Å². The number of nitro groups is 4. The first-order valence-corrected chi connectivity index (χ1v) is 10.9. The molecule has 3 aromatic rings. The van der Waals surface area contributed by atoms with Gasteiger partial charge in [0.2, 0.25) is 0 Å². The fourth-order valence-electron chi connectivity index (χ4n) is 2.88. The number of benzene rings is 2. The number of rotatable bonds is 10. The van der Waals surface area contributed by atoms with E-state index in [9.17, 15) is 40.5 Å². The third-order valence-electron chi connectivity index (χ3n) is 4.84. The Morgan fingerprint density at radius 2 is 1.16 bits per heavy atom. The molecule has 0 fully saturated rings. The standard InChI is InChI=1S/C20H16N8O8S/c1-11(21-23-16-5-3-14(25(29)30)8-18(16)27(33)34)13-7-20(37-10-13)12(2)22-24-17-6-4-15(26(31)32)9-19(17)28(35)36/h3-10,23-24H,1-2H3/b21-11+,22-12+. The van der Waals surface area contributed by atoms with Gasteiger partial charge in [0.25, 0.3) is 11.4 Å². The van der Waals surface area contributed by atoms with Gasteiger partial charge in [0, 0.05) is 23.1 Å². The number of hydrogen-bond acceptors (Lipinski definition) is 13. The number of thiophene rings is 1. The van der Waals surface area contributed by atoms with Crippen molar-refractivity contribution >= 4 is 56.9 Å². The smallest absolute Gasteiger partial charge is 0.271 e. The normalized spacial score (nSPS) is 11.6. The minimum atomic E-state index is -0.759. The lowest BCUT2D eigenvalue weighted by Crippen LogP contribution is -2.02. The summed E-state index contributed by atoms with van der Waals surface area (Å²) >= 11 is 1.29. The quantitative estimate of drug-likeness (QED) is 0.202. The van der Waals surface area contributed by atoms with Crippen LogP contribution in [-0.4, -0.2) is 31.1 Å². The molecule has 0 bridgehead atoms. The molecule has 0 saturated carbocycles. The first-order valence-electron chi connectivity index (χ1n) is 10.0. The molecule has 1 heterocycles. The summed E-state index contributed by atoms with van der Waals surface area (Å²) in [6, 6.07) is 7.99. The molecule has 0 spiro atoms. The summed E-state index contributed by atoms with van der Waals surface area (Å²) in [4.78, 5) is 42.0. The van der Waals surface area contributed by atoms with Crippen molar-refractivity contribution in [2.45, 2.75) is 13.8 Å². The summed E-state index contributed by atoms with van der Waals surface area (Å²) in [7, 11) is 0. The molecule has 190 valence electrons. The van der Waals surface area contributed by atoms with E-state index in [1.165, 1.54) is 23.5 Å². The van der Waals surface area contributed by atoms with Crippen molar-refractivity contribution in [3.05, 3.63) is 98.7 Å². The SMILES string of the molecule is C/C(=N\Nc1ccc([N+](=O)[O-])cc1[N+](=O)[O-])c1csc(/C(C)=N/Nc2ccc([N+](=O)[O-])cc2[N+](=O)[O-])c1. The van der Waals surface area contributed by atoms with Crippen LogP contribution in [0.5, 0.6) is 0 Å². The molecule has 0 aliphatic heterocycles. The van der Waals surface area contributed by atoms with Crippen molar-refractivity contribution in [3.63, 3.8) is 0 Å². The van der Waals surface area contributed by atoms with E-state index >= 15 is 0 Å². The Labute approximate surface area is 210 Å². The van der Waals surface area contributed by atoms with Gasteiger partial charge in [-0.05, 0) is 32.0 Å². The zero-order valence-corrected chi connectivity index (χ0v) is 19.8. The minimum Gasteiger partial charge on any atom is -0.271 e. The highest BCUT2D eigenvalue weighted by Gasteiger charge is 2.20. The van der Waals surface area contributed by atoms with Gasteiger partial charge >= 0.3 is 11.4 Å². The molecule has 0 amide bonds. The summed E-state index contributed by atoms with van der Waals surface area (Å²) in [6.45, 7) is 3.28. The number of nitrogens with one attached hydrogen (secondary N) is 2. The van der Waals surface area contributed by atoms with Crippen LogP contribution in [0.1, 0.15) is 24.3 Å². The molecule has 2 N–H and O–H groups in total. The van der Waals surface area contributed by atoms with E-state index < -0.39 is 42.4 Å². The van der Waals surface area contributed by atoms with Gasteiger partial charge in [-0.3, -0.25) is 51.3 Å². The maximum absolute atomic E-state index is 11.3. The fourth-order valence-corrected chi connectivity index (χ4v) is 3.79. The topological polar surface area (TPSA) is 221 Å². The Morgan fingerprint density at radius 1 is 0.703 bits per heavy atom. The largest absolute Gasteiger partial charge is 0.301 e. The van der Waals surface area contributed by atoms with Crippen LogP contribution >= 0.6 is 11.3 Å². The molecule has 2 aromatic carbocycles. The van der Waals surface area contributed by atoms with Crippen LogP contribution in [0.4, 0.5) is 34.1 Å². The maximum Gasteiger partial charge on any atom is 0.301 e. The Bertz CT molecular complexity index is 1370. The van der Waals surface area contributed by atoms with Crippen LogP contribution in [0, 0.1) is 40.5 Å². The van der Waals surface area contributed by atoms with Crippen molar-refractivity contribution in [3.8, 4) is 0 Å². The lowest BCUT2D eigenvalue weighted by Gasteiger charge is -2.04. The predicted octanol–water partition coefficient (Wildman–Crippen LogP) is 5.05. The average Bonchev–Trinajstić information content (AvgIpc) is 3.36. The monoisotopic (exact) mass is 528 g/mol. The molecule has 0 radical (unpaired) electrons. The Kier molecular flexibility index (Phi) is 7.78. The first-order chi connectivity index (χ1) is 17.5. The zero-order valence-electron chi connectivity index (χ0n) is 19.0. The molecule has 0 atom stereocenters. The summed E-state index contributed by atoms with van der Waals surface area (Å²) in [5, 5.41) is 54.3. The third kappa shape index (κ3) is 6.22. The average molecular weight is 528 g/mol. The van der Waals surface area contributed by atoms with Crippen LogP contribution in [0.3, 0.4) is 0 Å². The van der Waals surface area contributed by atoms with Crippen molar-refractivity contribution < 1.29 is 19.7 Å². The van der Waals surface area contributed by atoms with E-state index in [0.29, 0.717) is 21.9 Å². The highest BCUT2D eigenvalue weighted by atomic mass is 32.1. The molecule has 0 saturated heterocycles. The Balaban J connectivity index is 1.77. The number of nitrogens with zero attached hydrogens (tertiary/aromatic N) is 6. The van der Waals surface area contributed by atoms with E-state index in [-0.39, 0.29) is 11.4 Å². The van der Waals surface area contributed by atoms with Gasteiger partial charge in [-0.25, -0.2) is 0 Å². The van der Waals surface area contributed by atoms with Crippen molar-refractivity contribution in [1.29, 1.82) is 0 Å². The molecule has 0 aliphatic rings. The maximum atomic E-state index is 11.3. The van der Waals surface area contributed by atoms with Gasteiger partial charge in [-0.1, -0.05) is 0 Å². The molecule has 1 aromatic heterocycles. The van der Waals surface area contributed by atoms with Crippen LogP contribution in [0.25, 0.3) is 0 Å². The zero-order chi connectivity index (χ0) is 27.3. The van der Waals surface area contributed by atoms with Crippen molar-refractivity contribution in [2.75, 3.05) is 10.9 Å². The lowest BCUT2D eigenvalue weighted by molar-refractivity contribution is -0.393. The highest BCUT2D eigenvalue weighted by molar-refractivity contribution is 7.12. The summed E-state index contributed by atoms with van der Waals surface area (Å²) in [6.07, 6.45) is 0. The summed E-state index contributed by atoms with van der Waals surface area (Å²) in [5.41, 5.74) is 4.71. The Hall–Kier alpha value is -5.32. The molecule has 0 aliphatic carbocycles. The van der Waals surface area contributed by atoms with Gasteiger partial charge in [0.15, 0.2) is 0 Å². The summed E-state index contributed by atoms with van der Waals surface area (Å²) < 4.78 is 0. The van der Waals surface area contributed by atoms with E-state index in [1.807, 2.05) is 0 Å². The van der Waals surface area contributed by atoms with E-state index in [0.717, 1.165) is 24.3 Å². The lowest BCUT2D eigenvalue weighted by atomic mass is 10.2. The molecule has 3 rings (SSSR count). The second-order valence-corrected chi connectivity index (χ2v) is 8.16. The molecule has 0 unspecified atom stereocenters. The molecule has 16 nitrogen and oxygen atoms in total. The highest BCUT2D eigenvalue weighted by Crippen LogP contribution is 2.30. The van der Waals surface area contributed by atoms with Crippen molar-refractivity contribution in [1.82, 2.24) is 0 Å². The fraction of sp³-hybridized carbons (Fsp3) is 0.100. The number of hydrazone groups is 2. The van der Waals surface area contributed by atoms with Crippen LogP contribution in [-0.2, 0) is 0 Å². The van der Waals surface area contributed by atoms with Gasteiger partial charge in [-0.2, -0.15) is 10.2 Å². The molecule has 37 heavy (non-hydrogen) atoms. The van der Waals surface area contributed by atoms with E-state index in [1.54, 1.807) is 25.3 Å². The number of hydrogen-bond donors (Lipinski definition) is 2. The van der Waals surface area contributed by atoms with E-state index in [2.05, 4.69) is 21.1 Å². The van der Waals surface area contributed by atoms with Crippen LogP contribution in [0.2, 0.25) is 0 Å². The minimum absolute atomic E-state index is 0.0293. The number of nitro benzene ring substituents is 4. The predicted molar refractivity (Wildman–Crippen MR) is 135 cm³/mol. The number of anilines is 2. The summed E-state index contributed by atoms with van der Waals surface area (Å²) in [5.74, 6) is 0. The van der Waals surface area contributed by atoms with Gasteiger partial charge in [0.05, 0.1) is 48.1 Å². The van der Waals surface area contributed by atoms with Crippen molar-refractivity contribution in [2.24, 2.45) is 10.2 Å². The molecular formula is C20H16N8O8S. The van der Waals surface area contributed by atoms with Gasteiger partial charge in [-0.15, -0.1) is 11.3 Å². The van der Waals surface area contributed by atoms with Crippen LogP contribution in [0.15, 0.2) is 58.0 Å². The molecule has 17 heteroatoms. The van der Waals surface area contributed by atoms with Gasteiger partial charge < -0.3 is 0 Å². The first kappa shape index (κ1) is 26.3. The third-order valence-corrected chi connectivity index (χ3v) is 5.88. The molecular weight excluding hydrogens is 512 g/mol. The second kappa shape index (κ2) is 11.0. The second-order valence-electron chi connectivity index (χ2n) is 7.25.